The number of hydrogen-bond donors (Lipinski definition) is 3. The number of rotatable bonds is 5. The molecule has 3 heterocycles. The highest BCUT2D eigenvalue weighted by Crippen LogP contribution is 2.33. The summed E-state index contributed by atoms with van der Waals surface area (Å²) < 4.78 is 12.6. The normalized spacial score (nSPS) is 26.5. The van der Waals surface area contributed by atoms with Crippen LogP contribution >= 0.6 is 0 Å². The molecule has 3 N–H and O–H groups in total. The standard InChI is InChI=1S/C15H21N5O5/c1-7(2)14(23)19-12-9-13(17-5-16-12)20(6-18-9)15-11(24-3)10(22)8(4-21)25-15/h5-8,10-11,15,21-22H,4H2,1-3H3,(H,16,17,19,23). The molecule has 0 spiro atoms. The number of hydrogen-bond acceptors (Lipinski definition) is 8. The molecule has 10 heteroatoms. The van der Waals surface area contributed by atoms with Crippen LogP contribution in [0.4, 0.5) is 5.82 Å². The number of aromatic nitrogens is 4. The number of nitrogens with zero attached hydrogens (tertiary/aromatic N) is 4. The quantitative estimate of drug-likeness (QED) is 0.668. The SMILES string of the molecule is COC1C(O)C(CO)OC1n1cnc2c(NC(=O)C(C)C)ncnc21. The lowest BCUT2D eigenvalue weighted by Crippen LogP contribution is -2.34. The monoisotopic (exact) mass is 351 g/mol. The van der Waals surface area contributed by atoms with Gasteiger partial charge in [-0.25, -0.2) is 15.0 Å². The van der Waals surface area contributed by atoms with Crippen LogP contribution in [-0.4, -0.2) is 67.7 Å². The lowest BCUT2D eigenvalue weighted by atomic mass is 10.1. The molecule has 3 rings (SSSR count). The maximum atomic E-state index is 11.9. The van der Waals surface area contributed by atoms with E-state index in [0.29, 0.717) is 17.0 Å². The number of imidazole rings is 1. The summed E-state index contributed by atoms with van der Waals surface area (Å²) in [5.41, 5.74) is 0.823. The van der Waals surface area contributed by atoms with E-state index in [2.05, 4.69) is 20.3 Å². The first kappa shape index (κ1) is 17.7. The van der Waals surface area contributed by atoms with Crippen molar-refractivity contribution < 1.29 is 24.5 Å². The number of ether oxygens (including phenoxy) is 2. The summed E-state index contributed by atoms with van der Waals surface area (Å²) in [7, 11) is 1.45. The van der Waals surface area contributed by atoms with E-state index in [1.807, 2.05) is 0 Å². The Bertz CT molecular complexity index is 764. The van der Waals surface area contributed by atoms with Crippen molar-refractivity contribution in [3.05, 3.63) is 12.7 Å². The first-order valence-electron chi connectivity index (χ1n) is 7.93. The fourth-order valence-corrected chi connectivity index (χ4v) is 2.74. The maximum absolute atomic E-state index is 11.9. The number of fused-ring (bicyclic) bond motifs is 1. The van der Waals surface area contributed by atoms with Gasteiger partial charge in [-0.2, -0.15) is 0 Å². The van der Waals surface area contributed by atoms with Crippen LogP contribution in [0.2, 0.25) is 0 Å². The summed E-state index contributed by atoms with van der Waals surface area (Å²) in [4.78, 5) is 24.5. The molecule has 1 saturated heterocycles. The van der Waals surface area contributed by atoms with Gasteiger partial charge in [-0.15, -0.1) is 0 Å². The number of nitrogens with one attached hydrogen (secondary N) is 1. The van der Waals surface area contributed by atoms with E-state index < -0.39 is 24.5 Å². The number of amides is 1. The highest BCUT2D eigenvalue weighted by molar-refractivity contribution is 5.97. The molecular weight excluding hydrogens is 330 g/mol. The first-order chi connectivity index (χ1) is 12.0. The predicted molar refractivity (Wildman–Crippen MR) is 86.6 cm³/mol. The van der Waals surface area contributed by atoms with Crippen molar-refractivity contribution >= 4 is 22.9 Å². The van der Waals surface area contributed by atoms with Gasteiger partial charge in [0.2, 0.25) is 5.91 Å². The Morgan fingerprint density at radius 3 is 2.84 bits per heavy atom. The molecule has 0 saturated carbocycles. The molecule has 4 unspecified atom stereocenters. The summed E-state index contributed by atoms with van der Waals surface area (Å²) in [5, 5.41) is 22.2. The van der Waals surface area contributed by atoms with Gasteiger partial charge in [-0.3, -0.25) is 9.36 Å². The van der Waals surface area contributed by atoms with E-state index in [1.165, 1.54) is 19.8 Å². The molecule has 10 nitrogen and oxygen atoms in total. The number of carbonyl (C=O) groups excluding carboxylic acids is 1. The summed E-state index contributed by atoms with van der Waals surface area (Å²) >= 11 is 0. The summed E-state index contributed by atoms with van der Waals surface area (Å²) in [6, 6.07) is 0. The second kappa shape index (κ2) is 7.00. The maximum Gasteiger partial charge on any atom is 0.228 e. The van der Waals surface area contributed by atoms with Crippen molar-refractivity contribution in [1.82, 2.24) is 19.5 Å². The minimum absolute atomic E-state index is 0.183. The minimum atomic E-state index is -0.987. The fourth-order valence-electron chi connectivity index (χ4n) is 2.74. The molecule has 4 atom stereocenters. The average Bonchev–Trinajstić information content (AvgIpc) is 3.15. The molecule has 0 aromatic carbocycles. The summed E-state index contributed by atoms with van der Waals surface area (Å²) in [6.45, 7) is 3.21. The van der Waals surface area contributed by atoms with Gasteiger partial charge in [-0.1, -0.05) is 13.8 Å². The first-order valence-corrected chi connectivity index (χ1v) is 7.93. The van der Waals surface area contributed by atoms with Gasteiger partial charge in [0, 0.05) is 13.0 Å². The fraction of sp³-hybridized carbons (Fsp3) is 0.600. The van der Waals surface area contributed by atoms with Crippen molar-refractivity contribution in [3.8, 4) is 0 Å². The Hall–Kier alpha value is -2.14. The van der Waals surface area contributed by atoms with Crippen LogP contribution < -0.4 is 5.32 Å². The van der Waals surface area contributed by atoms with Gasteiger partial charge in [0.25, 0.3) is 0 Å². The van der Waals surface area contributed by atoms with Gasteiger partial charge in [0.05, 0.1) is 12.9 Å². The van der Waals surface area contributed by atoms with Crippen molar-refractivity contribution in [1.29, 1.82) is 0 Å². The van der Waals surface area contributed by atoms with E-state index in [-0.39, 0.29) is 18.4 Å². The zero-order valence-electron chi connectivity index (χ0n) is 14.2. The molecule has 0 aliphatic carbocycles. The largest absolute Gasteiger partial charge is 0.394 e. The van der Waals surface area contributed by atoms with Crippen LogP contribution in [0.25, 0.3) is 11.2 Å². The lowest BCUT2D eigenvalue weighted by Gasteiger charge is -2.19. The smallest absolute Gasteiger partial charge is 0.228 e. The van der Waals surface area contributed by atoms with Crippen molar-refractivity contribution in [3.63, 3.8) is 0 Å². The number of anilines is 1. The second-order valence-corrected chi connectivity index (χ2v) is 6.13. The average molecular weight is 351 g/mol. The van der Waals surface area contributed by atoms with Crippen LogP contribution in [0.15, 0.2) is 12.7 Å². The molecule has 1 amide bonds. The Morgan fingerprint density at radius 1 is 1.44 bits per heavy atom. The molecule has 2 aromatic heterocycles. The van der Waals surface area contributed by atoms with Gasteiger partial charge >= 0.3 is 0 Å². The molecule has 2 aromatic rings. The van der Waals surface area contributed by atoms with Crippen molar-refractivity contribution in [2.75, 3.05) is 19.0 Å². The highest BCUT2D eigenvalue weighted by Gasteiger charge is 2.45. The molecule has 136 valence electrons. The van der Waals surface area contributed by atoms with E-state index >= 15 is 0 Å². The van der Waals surface area contributed by atoms with Crippen LogP contribution in [0.1, 0.15) is 20.1 Å². The van der Waals surface area contributed by atoms with Gasteiger partial charge in [0.15, 0.2) is 23.2 Å². The molecule has 1 fully saturated rings. The molecular formula is C15H21N5O5. The van der Waals surface area contributed by atoms with Crippen LogP contribution in [0.3, 0.4) is 0 Å². The topological polar surface area (TPSA) is 132 Å². The van der Waals surface area contributed by atoms with Crippen molar-refractivity contribution in [2.45, 2.75) is 38.4 Å². The Morgan fingerprint density at radius 2 is 2.20 bits per heavy atom. The van der Waals surface area contributed by atoms with Gasteiger partial charge in [0.1, 0.15) is 24.6 Å². The molecule has 25 heavy (non-hydrogen) atoms. The zero-order valence-corrected chi connectivity index (χ0v) is 14.2. The van der Waals surface area contributed by atoms with E-state index in [4.69, 9.17) is 9.47 Å². The van der Waals surface area contributed by atoms with E-state index in [1.54, 1.807) is 18.4 Å². The second-order valence-electron chi connectivity index (χ2n) is 6.13. The molecule has 1 aliphatic rings. The molecule has 0 bridgehead atoms. The van der Waals surface area contributed by atoms with Crippen molar-refractivity contribution in [2.24, 2.45) is 5.92 Å². The van der Waals surface area contributed by atoms with Crippen LogP contribution in [0.5, 0.6) is 0 Å². The van der Waals surface area contributed by atoms with Crippen LogP contribution in [-0.2, 0) is 14.3 Å². The third kappa shape index (κ3) is 3.09. The number of aliphatic hydroxyl groups is 2. The zero-order chi connectivity index (χ0) is 18.1. The lowest BCUT2D eigenvalue weighted by molar-refractivity contribution is -0.118. The summed E-state index contributed by atoms with van der Waals surface area (Å²) in [5.74, 6) is -0.0885. The Balaban J connectivity index is 1.97. The van der Waals surface area contributed by atoms with Crippen LogP contribution in [0, 0.1) is 5.92 Å². The third-order valence-electron chi connectivity index (χ3n) is 4.16. The number of aliphatic hydroxyl groups excluding tert-OH is 2. The third-order valence-corrected chi connectivity index (χ3v) is 4.16. The Kier molecular flexibility index (Phi) is 4.95. The van der Waals surface area contributed by atoms with Gasteiger partial charge in [-0.05, 0) is 0 Å². The molecule has 0 radical (unpaired) electrons. The Labute approximate surface area is 143 Å². The highest BCUT2D eigenvalue weighted by atomic mass is 16.6. The minimum Gasteiger partial charge on any atom is -0.394 e. The predicted octanol–water partition coefficient (Wildman–Crippen LogP) is -0.314. The van der Waals surface area contributed by atoms with E-state index in [9.17, 15) is 15.0 Å². The van der Waals surface area contributed by atoms with E-state index in [0.717, 1.165) is 0 Å². The number of carbonyl (C=O) groups is 1. The summed E-state index contributed by atoms with van der Waals surface area (Å²) in [6.07, 6.45) is -0.376. The van der Waals surface area contributed by atoms with Gasteiger partial charge < -0.3 is 25.0 Å². The molecule has 1 aliphatic heterocycles. The number of methoxy groups -OCH3 is 1.